The van der Waals surface area contributed by atoms with E-state index in [1.165, 1.54) is 37.3 Å². The second-order valence-corrected chi connectivity index (χ2v) is 11.7. The number of aromatic carboxylic acids is 3. The molecule has 11 N–H and O–H groups in total. The average Bonchev–Trinajstić information content (AvgIpc) is 2.98. The van der Waals surface area contributed by atoms with Crippen molar-refractivity contribution in [1.29, 1.82) is 0 Å². The molecule has 0 spiro atoms. The summed E-state index contributed by atoms with van der Waals surface area (Å²) in [5.41, 5.74) is 25.7. The van der Waals surface area contributed by atoms with E-state index in [0.717, 1.165) is 25.6 Å². The number of halogens is 3. The van der Waals surface area contributed by atoms with E-state index in [1.54, 1.807) is 38.1 Å². The Labute approximate surface area is 323 Å². The number of rotatable bonds is 5. The lowest BCUT2D eigenvalue weighted by Crippen LogP contribution is -2.14. The lowest BCUT2D eigenvalue weighted by Gasteiger charge is -2.05. The molecule has 0 aliphatic rings. The Bertz CT molecular complexity index is 1820. The molecule has 0 aliphatic carbocycles. The quantitative estimate of drug-likeness (QED) is 0.0567. The Balaban J connectivity index is -0.000000592. The van der Waals surface area contributed by atoms with E-state index in [1.807, 2.05) is 13.0 Å². The van der Waals surface area contributed by atoms with Crippen molar-refractivity contribution >= 4 is 95.4 Å². The molecule has 4 aromatic rings. The zero-order valence-corrected chi connectivity index (χ0v) is 31.4. The number of primary amides is 1. The Morgan fingerprint density at radius 1 is 0.608 bits per heavy atom. The summed E-state index contributed by atoms with van der Waals surface area (Å²) in [5.74, 6) is -3.77. The van der Waals surface area contributed by atoms with E-state index < -0.39 is 28.7 Å². The van der Waals surface area contributed by atoms with Crippen LogP contribution in [0.3, 0.4) is 0 Å². The molecule has 14 nitrogen and oxygen atoms in total. The molecular weight excluding hydrogens is 862 g/mol. The highest BCUT2D eigenvalue weighted by Crippen LogP contribution is 2.24. The molecule has 0 atom stereocenters. The van der Waals surface area contributed by atoms with Crippen LogP contribution < -0.4 is 22.9 Å². The number of hydrogen-bond donors (Lipinski definition) is 7. The van der Waals surface area contributed by atoms with Crippen LogP contribution in [0, 0.1) is 37.8 Å². The van der Waals surface area contributed by atoms with E-state index in [4.69, 9.17) is 38.3 Å². The second-order valence-electron chi connectivity index (χ2n) is 9.91. The van der Waals surface area contributed by atoms with Gasteiger partial charge < -0.3 is 38.3 Å². The van der Waals surface area contributed by atoms with Crippen LogP contribution in [0.15, 0.2) is 69.6 Å². The van der Waals surface area contributed by atoms with Crippen LogP contribution in [0.4, 0.5) is 22.7 Å². The molecule has 278 valence electrons. The van der Waals surface area contributed by atoms with Crippen LogP contribution in [0.25, 0.3) is 0 Å². The van der Waals surface area contributed by atoms with Crippen molar-refractivity contribution < 1.29 is 39.4 Å². The predicted molar refractivity (Wildman–Crippen MR) is 213 cm³/mol. The normalized spacial score (nSPS) is 9.14. The summed E-state index contributed by atoms with van der Waals surface area (Å²) < 4.78 is 1.54. The monoisotopic (exact) mass is 901 g/mol. The van der Waals surface area contributed by atoms with Gasteiger partial charge in [-0.05, 0) is 80.8 Å². The van der Waals surface area contributed by atoms with Gasteiger partial charge in [0.2, 0.25) is 0 Å². The minimum atomic E-state index is -1.28. The number of nitro benzene ring substituents is 1. The van der Waals surface area contributed by atoms with Crippen molar-refractivity contribution in [2.24, 2.45) is 5.73 Å². The van der Waals surface area contributed by atoms with Crippen molar-refractivity contribution in [3.8, 4) is 0 Å². The molecule has 17 heteroatoms. The highest BCUT2D eigenvalue weighted by atomic mass is 79.9. The van der Waals surface area contributed by atoms with Gasteiger partial charge in [-0.15, -0.1) is 17.0 Å². The van der Waals surface area contributed by atoms with E-state index in [9.17, 15) is 29.3 Å². The molecule has 4 aromatic carbocycles. The largest absolute Gasteiger partial charge is 0.478 e. The number of nitrogens with zero attached hydrogens (tertiary/aromatic N) is 1. The summed E-state index contributed by atoms with van der Waals surface area (Å²) in [4.78, 5) is 52.3. The lowest BCUT2D eigenvalue weighted by atomic mass is 10.1. The Hall–Kier alpha value is -5.00. The smallest absolute Gasteiger partial charge is 0.342 e. The number of benzene rings is 4. The van der Waals surface area contributed by atoms with Crippen LogP contribution >= 0.6 is 48.8 Å². The molecule has 0 saturated carbocycles. The molecule has 0 aliphatic heterocycles. The van der Waals surface area contributed by atoms with Gasteiger partial charge in [0.25, 0.3) is 11.6 Å². The maximum absolute atomic E-state index is 10.8. The summed E-state index contributed by atoms with van der Waals surface area (Å²) in [7, 11) is 0. The summed E-state index contributed by atoms with van der Waals surface area (Å²) >= 11 is 6.45. The number of para-hydroxylation sites is 2. The Morgan fingerprint density at radius 2 is 0.961 bits per heavy atom. The zero-order valence-electron chi connectivity index (χ0n) is 26.5. The second kappa shape index (κ2) is 22.7. The SMILES string of the molecule is Br.C.C.Cc1cc(Br)cc(C(=O)O)c1N.Cc1cc(Br)cc(C(N)=O)c1N.Cc1cccc(C(=O)O)c1N.Cc1cccc(C(=O)O)c1[N+](=O)[O-]. The number of nitro groups is 1. The Kier molecular flexibility index (Phi) is 22.4. The molecule has 51 heavy (non-hydrogen) atoms. The highest BCUT2D eigenvalue weighted by Gasteiger charge is 2.21. The van der Waals surface area contributed by atoms with Crippen LogP contribution in [0.2, 0.25) is 0 Å². The fourth-order valence-corrected chi connectivity index (χ4v) is 4.98. The van der Waals surface area contributed by atoms with Crippen molar-refractivity contribution in [3.63, 3.8) is 0 Å². The van der Waals surface area contributed by atoms with Crippen molar-refractivity contribution in [3.05, 3.63) is 124 Å². The van der Waals surface area contributed by atoms with Gasteiger partial charge >= 0.3 is 17.9 Å². The van der Waals surface area contributed by atoms with Gasteiger partial charge in [-0.25, -0.2) is 14.4 Å². The lowest BCUT2D eigenvalue weighted by molar-refractivity contribution is -0.385. The third kappa shape index (κ3) is 14.8. The van der Waals surface area contributed by atoms with Gasteiger partial charge in [0, 0.05) is 31.6 Å². The topological polar surface area (TPSA) is 276 Å². The van der Waals surface area contributed by atoms with Gasteiger partial charge in [0.05, 0.1) is 21.6 Å². The summed E-state index contributed by atoms with van der Waals surface area (Å²) in [5, 5.41) is 36.4. The maximum atomic E-state index is 10.8. The van der Waals surface area contributed by atoms with Crippen molar-refractivity contribution in [1.82, 2.24) is 0 Å². The number of carboxylic acid groups (broad SMARTS) is 3. The van der Waals surface area contributed by atoms with Crippen molar-refractivity contribution in [2.45, 2.75) is 42.5 Å². The molecule has 0 radical (unpaired) electrons. The third-order valence-corrected chi connectivity index (χ3v) is 7.32. The number of amides is 1. The number of hydrogen-bond acceptors (Lipinski definition) is 9. The molecule has 0 fully saturated rings. The summed E-state index contributed by atoms with van der Waals surface area (Å²) in [6.07, 6.45) is 0. The summed E-state index contributed by atoms with van der Waals surface area (Å²) in [6, 6.07) is 15.9. The first-order valence-electron chi connectivity index (χ1n) is 13.4. The van der Waals surface area contributed by atoms with Crippen LogP contribution in [0.1, 0.15) is 78.5 Å². The highest BCUT2D eigenvalue weighted by molar-refractivity contribution is 9.10. The number of carboxylic acids is 3. The molecule has 1 amide bonds. The van der Waals surface area contributed by atoms with Crippen LogP contribution in [-0.4, -0.2) is 44.1 Å². The van der Waals surface area contributed by atoms with Crippen LogP contribution in [-0.2, 0) is 0 Å². The van der Waals surface area contributed by atoms with E-state index >= 15 is 0 Å². The number of anilines is 3. The van der Waals surface area contributed by atoms with E-state index in [0.29, 0.717) is 28.2 Å². The standard InChI is InChI=1S/C8H9BrN2O.C8H8BrNO2.C8H7NO4.C8H9NO2.2CH4.BrH/c2*1-4-2-5(9)3-6(7(4)10)8(11)12;1-5-3-2-4-6(8(10)11)7(5)9(12)13;1-5-3-2-4-6(7(5)9)8(10)11;;;/h2-3H,10H2,1H3,(H2,11,12);2-3H,10H2,1H3,(H,11,12);2-4H,1H3,(H,10,11);2-4H,9H2,1H3,(H,10,11);2*1H4;1H. The van der Waals surface area contributed by atoms with Gasteiger partial charge in [-0.3, -0.25) is 14.9 Å². The zero-order chi connectivity index (χ0) is 37.0. The maximum Gasteiger partial charge on any atom is 0.342 e. The molecule has 4 rings (SSSR count). The number of carbonyl (C=O) groups excluding carboxylic acids is 1. The first-order valence-corrected chi connectivity index (χ1v) is 15.0. The molecule has 0 saturated heterocycles. The number of aryl methyl sites for hydroxylation is 4. The first-order chi connectivity index (χ1) is 22.2. The first kappa shape index (κ1) is 50.4. The van der Waals surface area contributed by atoms with Crippen molar-refractivity contribution in [2.75, 3.05) is 17.2 Å². The molecule has 0 aromatic heterocycles. The molecule has 0 unspecified atom stereocenters. The van der Waals surface area contributed by atoms with Gasteiger partial charge in [-0.1, -0.05) is 71.0 Å². The number of nitrogen functional groups attached to an aromatic ring is 3. The number of carbonyl (C=O) groups is 4. The van der Waals surface area contributed by atoms with Gasteiger partial charge in [0.1, 0.15) is 5.56 Å². The van der Waals surface area contributed by atoms with E-state index in [-0.39, 0.29) is 54.2 Å². The molecule has 0 heterocycles. The minimum absolute atomic E-state index is 0. The number of nitrogens with two attached hydrogens (primary N) is 4. The molecular formula is C34H42Br3N5O9. The van der Waals surface area contributed by atoms with Gasteiger partial charge in [0.15, 0.2) is 0 Å². The van der Waals surface area contributed by atoms with Gasteiger partial charge in [-0.2, -0.15) is 0 Å². The third-order valence-electron chi connectivity index (χ3n) is 6.40. The van der Waals surface area contributed by atoms with Crippen LogP contribution in [0.5, 0.6) is 0 Å². The average molecular weight is 904 g/mol. The predicted octanol–water partition coefficient (Wildman–Crippen LogP) is 8.20. The molecule has 0 bridgehead atoms. The summed E-state index contributed by atoms with van der Waals surface area (Å²) in [6.45, 7) is 6.88. The van der Waals surface area contributed by atoms with E-state index in [2.05, 4.69) is 31.9 Å². The fraction of sp³-hybridized carbons (Fsp3) is 0.176. The Morgan fingerprint density at radius 3 is 1.31 bits per heavy atom. The fourth-order valence-electron chi connectivity index (χ4n) is 3.83. The minimum Gasteiger partial charge on any atom is -0.478 e.